The summed E-state index contributed by atoms with van der Waals surface area (Å²) in [6.45, 7) is 6.79. The third-order valence-electron chi connectivity index (χ3n) is 3.53. The van der Waals surface area contributed by atoms with Gasteiger partial charge in [0.05, 0.1) is 6.04 Å². The number of ether oxygens (including phenoxy) is 1. The van der Waals surface area contributed by atoms with E-state index in [0.29, 0.717) is 24.6 Å². The molecule has 1 saturated heterocycles. The molecule has 0 radical (unpaired) electrons. The summed E-state index contributed by atoms with van der Waals surface area (Å²) in [6, 6.07) is -0.0300. The molecular formula is C14H20N6O3. The number of nitrogens with zero attached hydrogens (tertiary/aromatic N) is 4. The van der Waals surface area contributed by atoms with Gasteiger partial charge in [0.25, 0.3) is 0 Å². The molecule has 1 fully saturated rings. The minimum atomic E-state index is -0.522. The topological polar surface area (TPSA) is 105 Å². The molecule has 1 amide bonds. The number of alkyl carbamates (subject to hydrolysis) is 1. The van der Waals surface area contributed by atoms with Crippen LogP contribution in [0.15, 0.2) is 17.2 Å². The van der Waals surface area contributed by atoms with E-state index < -0.39 is 11.7 Å². The van der Waals surface area contributed by atoms with Crippen molar-refractivity contribution in [2.24, 2.45) is 0 Å². The maximum absolute atomic E-state index is 11.8. The molecule has 2 aromatic rings. The maximum atomic E-state index is 11.8. The Kier molecular flexibility index (Phi) is 3.70. The average Bonchev–Trinajstić information content (AvgIpc) is 3.04. The molecule has 1 aliphatic rings. The first-order chi connectivity index (χ1) is 10.8. The molecule has 1 aliphatic heterocycles. The second kappa shape index (κ2) is 5.56. The zero-order chi connectivity index (χ0) is 16.6. The highest BCUT2D eigenvalue weighted by atomic mass is 16.6. The van der Waals surface area contributed by atoms with Crippen LogP contribution in [0.25, 0.3) is 5.65 Å². The van der Waals surface area contributed by atoms with E-state index in [9.17, 15) is 9.59 Å². The van der Waals surface area contributed by atoms with Gasteiger partial charge in [-0.1, -0.05) is 0 Å². The van der Waals surface area contributed by atoms with E-state index >= 15 is 0 Å². The Morgan fingerprint density at radius 3 is 3.00 bits per heavy atom. The lowest BCUT2D eigenvalue weighted by Gasteiger charge is -2.22. The molecule has 3 heterocycles. The van der Waals surface area contributed by atoms with Crippen LogP contribution in [0.2, 0.25) is 0 Å². The molecule has 0 aromatic carbocycles. The van der Waals surface area contributed by atoms with Crippen LogP contribution in [0, 0.1) is 0 Å². The van der Waals surface area contributed by atoms with E-state index in [2.05, 4.69) is 20.5 Å². The lowest BCUT2D eigenvalue weighted by atomic mass is 10.2. The number of carbonyl (C=O) groups is 1. The van der Waals surface area contributed by atoms with Crippen LogP contribution in [0.4, 0.5) is 10.6 Å². The number of nitrogens with one attached hydrogen (secondary N) is 2. The fraction of sp³-hybridized carbons (Fsp3) is 0.571. The van der Waals surface area contributed by atoms with Crippen LogP contribution >= 0.6 is 0 Å². The molecule has 0 spiro atoms. The molecule has 2 N–H and O–H groups in total. The van der Waals surface area contributed by atoms with E-state index in [1.165, 1.54) is 4.40 Å². The Bertz CT molecular complexity index is 775. The number of H-pyrrole nitrogens is 1. The van der Waals surface area contributed by atoms with Crippen molar-refractivity contribution in [2.75, 3.05) is 18.0 Å². The van der Waals surface area contributed by atoms with Crippen molar-refractivity contribution in [2.45, 2.75) is 38.8 Å². The van der Waals surface area contributed by atoms with Crippen LogP contribution in [-0.2, 0) is 4.74 Å². The maximum Gasteiger partial charge on any atom is 0.407 e. The molecule has 0 bridgehead atoms. The average molecular weight is 320 g/mol. The van der Waals surface area contributed by atoms with Gasteiger partial charge in [-0.2, -0.15) is 0 Å². The van der Waals surface area contributed by atoms with Crippen LogP contribution in [0.1, 0.15) is 27.2 Å². The molecule has 0 aliphatic carbocycles. The largest absolute Gasteiger partial charge is 0.444 e. The van der Waals surface area contributed by atoms with Gasteiger partial charge in [-0.25, -0.2) is 24.1 Å². The Labute approximate surface area is 132 Å². The summed E-state index contributed by atoms with van der Waals surface area (Å²) in [5.74, 6) is 0.624. The van der Waals surface area contributed by atoms with Crippen LogP contribution in [-0.4, -0.2) is 50.4 Å². The quantitative estimate of drug-likeness (QED) is 0.836. The summed E-state index contributed by atoms with van der Waals surface area (Å²) in [4.78, 5) is 29.8. The Morgan fingerprint density at radius 2 is 2.26 bits per heavy atom. The molecule has 3 rings (SSSR count). The number of aromatic amines is 1. The second-order valence-corrected chi connectivity index (χ2v) is 6.55. The second-order valence-electron chi connectivity index (χ2n) is 6.55. The minimum Gasteiger partial charge on any atom is -0.444 e. The van der Waals surface area contributed by atoms with E-state index in [1.807, 2.05) is 25.7 Å². The highest BCUT2D eigenvalue weighted by Gasteiger charge is 2.28. The predicted molar refractivity (Wildman–Crippen MR) is 83.6 cm³/mol. The molecule has 9 nitrogen and oxygen atoms in total. The number of fused-ring (bicyclic) bond motifs is 1. The van der Waals surface area contributed by atoms with Crippen molar-refractivity contribution in [3.05, 3.63) is 22.9 Å². The SMILES string of the molecule is CC(C)(C)OC(=O)N[C@@H]1CCN(c2nccn3c(=O)[nH]nc23)C1. The van der Waals surface area contributed by atoms with Crippen LogP contribution < -0.4 is 15.9 Å². The third kappa shape index (κ3) is 3.27. The zero-order valence-corrected chi connectivity index (χ0v) is 13.4. The molecule has 23 heavy (non-hydrogen) atoms. The molecule has 124 valence electrons. The Morgan fingerprint density at radius 1 is 1.48 bits per heavy atom. The summed E-state index contributed by atoms with van der Waals surface area (Å²) < 4.78 is 6.68. The highest BCUT2D eigenvalue weighted by Crippen LogP contribution is 2.21. The Balaban J connectivity index is 1.70. The standard InChI is InChI=1S/C14H20N6O3/c1-14(2,3)23-13(22)16-9-4-6-19(8-9)10-11-17-18-12(21)20(11)7-5-15-10/h5,7,9H,4,6,8H2,1-3H3,(H,16,22)(H,18,21)/t9-/m1/s1. The number of amides is 1. The third-order valence-corrected chi connectivity index (χ3v) is 3.53. The van der Waals surface area contributed by atoms with E-state index in [4.69, 9.17) is 4.74 Å². The lowest BCUT2D eigenvalue weighted by molar-refractivity contribution is 0.0509. The van der Waals surface area contributed by atoms with Crippen molar-refractivity contribution < 1.29 is 9.53 Å². The number of carbonyl (C=O) groups excluding carboxylic acids is 1. The number of hydrogen-bond donors (Lipinski definition) is 2. The van der Waals surface area contributed by atoms with Gasteiger partial charge in [-0.3, -0.25) is 0 Å². The van der Waals surface area contributed by atoms with Crippen LogP contribution in [0.5, 0.6) is 0 Å². The smallest absolute Gasteiger partial charge is 0.407 e. The number of rotatable bonds is 2. The van der Waals surface area contributed by atoms with Crippen molar-refractivity contribution in [3.8, 4) is 0 Å². The molecular weight excluding hydrogens is 300 g/mol. The lowest BCUT2D eigenvalue weighted by Crippen LogP contribution is -2.40. The van der Waals surface area contributed by atoms with Crippen molar-refractivity contribution in [3.63, 3.8) is 0 Å². The van der Waals surface area contributed by atoms with Gasteiger partial charge in [0, 0.05) is 25.5 Å². The number of anilines is 1. The first-order valence-electron chi connectivity index (χ1n) is 7.50. The van der Waals surface area contributed by atoms with Crippen molar-refractivity contribution >= 4 is 17.6 Å². The van der Waals surface area contributed by atoms with Gasteiger partial charge in [-0.15, -0.1) is 5.10 Å². The first-order valence-corrected chi connectivity index (χ1v) is 7.50. The summed E-state index contributed by atoms with van der Waals surface area (Å²) in [7, 11) is 0. The molecule has 9 heteroatoms. The van der Waals surface area contributed by atoms with Gasteiger partial charge >= 0.3 is 11.8 Å². The van der Waals surface area contributed by atoms with Gasteiger partial charge in [0.2, 0.25) is 5.65 Å². The molecule has 0 saturated carbocycles. The van der Waals surface area contributed by atoms with Crippen molar-refractivity contribution in [1.82, 2.24) is 24.9 Å². The summed E-state index contributed by atoms with van der Waals surface area (Å²) in [5.41, 5.74) is -0.340. The number of aromatic nitrogens is 4. The van der Waals surface area contributed by atoms with Crippen LogP contribution in [0.3, 0.4) is 0 Å². The minimum absolute atomic E-state index is 0.0300. The van der Waals surface area contributed by atoms with E-state index in [-0.39, 0.29) is 11.7 Å². The number of hydrogen-bond acceptors (Lipinski definition) is 6. The Hall–Kier alpha value is -2.58. The summed E-state index contributed by atoms with van der Waals surface area (Å²) in [6.07, 6.45) is 3.48. The monoisotopic (exact) mass is 320 g/mol. The summed E-state index contributed by atoms with van der Waals surface area (Å²) in [5, 5.41) is 9.28. The van der Waals surface area contributed by atoms with E-state index in [1.54, 1.807) is 12.4 Å². The van der Waals surface area contributed by atoms with Gasteiger partial charge in [-0.05, 0) is 27.2 Å². The summed E-state index contributed by atoms with van der Waals surface area (Å²) >= 11 is 0. The molecule has 1 atom stereocenters. The fourth-order valence-electron chi connectivity index (χ4n) is 2.60. The van der Waals surface area contributed by atoms with Crippen molar-refractivity contribution in [1.29, 1.82) is 0 Å². The fourth-order valence-corrected chi connectivity index (χ4v) is 2.60. The van der Waals surface area contributed by atoms with Gasteiger partial charge < -0.3 is 15.0 Å². The van der Waals surface area contributed by atoms with Gasteiger partial charge in [0.1, 0.15) is 5.60 Å². The van der Waals surface area contributed by atoms with E-state index in [0.717, 1.165) is 6.42 Å². The van der Waals surface area contributed by atoms with Gasteiger partial charge in [0.15, 0.2) is 5.82 Å². The predicted octanol–water partition coefficient (Wildman–Crippen LogP) is 0.521. The highest BCUT2D eigenvalue weighted by molar-refractivity contribution is 5.69. The zero-order valence-electron chi connectivity index (χ0n) is 13.4. The first kappa shape index (κ1) is 15.3. The molecule has 0 unspecified atom stereocenters. The normalized spacial score (nSPS) is 18.4. The molecule has 2 aromatic heterocycles.